The van der Waals surface area contributed by atoms with E-state index in [4.69, 9.17) is 0 Å². The first-order valence-corrected chi connectivity index (χ1v) is 10.5. The summed E-state index contributed by atoms with van der Waals surface area (Å²) >= 11 is 2.72. The molecule has 6 nitrogen and oxygen atoms in total. The van der Waals surface area contributed by atoms with Crippen LogP contribution >= 0.6 is 23.5 Å². The van der Waals surface area contributed by atoms with Crippen molar-refractivity contribution < 1.29 is 24.4 Å². The van der Waals surface area contributed by atoms with Gasteiger partial charge in [-0.2, -0.15) is 0 Å². The van der Waals surface area contributed by atoms with Gasteiger partial charge in [-0.15, -0.1) is 0 Å². The highest BCUT2D eigenvalue weighted by atomic mass is 32.2. The molecule has 2 aliphatic rings. The molecule has 0 bridgehead atoms. The third-order valence-electron chi connectivity index (χ3n) is 4.77. The maximum atomic E-state index is 12.3. The molecule has 3 heterocycles. The Morgan fingerprint density at radius 3 is 2.64 bits per heavy atom. The minimum atomic E-state index is -1.12. The lowest BCUT2D eigenvalue weighted by atomic mass is 9.92. The van der Waals surface area contributed by atoms with Crippen LogP contribution in [0.1, 0.15) is 12.5 Å². The van der Waals surface area contributed by atoms with Crippen molar-refractivity contribution in [2.75, 3.05) is 0 Å². The minimum Gasteiger partial charge on any atom is -0.477 e. The van der Waals surface area contributed by atoms with Gasteiger partial charge < -0.3 is 10.2 Å². The number of hydrogen-bond donors (Lipinski definition) is 2. The standard InChI is InChI=1S/C20H18N2O4S2/c1-12(23)15-17(24)22-16(19(25)26)20(28-18(15)22)27-14-8-4-3-7-13(14)11-21-9-5-2-6-10-21/h2-10,12,15,18,23H,11H2,1H3/p+1/t12-,15+,18-/m1/s1. The van der Waals surface area contributed by atoms with Crippen molar-refractivity contribution in [3.05, 3.63) is 70.4 Å². The Balaban J connectivity index is 1.63. The smallest absolute Gasteiger partial charge is 0.354 e. The summed E-state index contributed by atoms with van der Waals surface area (Å²) in [6, 6.07) is 13.7. The van der Waals surface area contributed by atoms with Crippen LogP contribution in [0.2, 0.25) is 0 Å². The normalized spacial score (nSPS) is 22.1. The Bertz CT molecular complexity index is 962. The molecule has 3 atom stereocenters. The highest BCUT2D eigenvalue weighted by molar-refractivity contribution is 8.22. The fourth-order valence-electron chi connectivity index (χ4n) is 3.39. The Hall–Kier alpha value is -2.29. The van der Waals surface area contributed by atoms with E-state index in [0.717, 1.165) is 10.5 Å². The molecule has 1 fully saturated rings. The Labute approximate surface area is 170 Å². The quantitative estimate of drug-likeness (QED) is 0.557. The van der Waals surface area contributed by atoms with Crippen molar-refractivity contribution in [2.45, 2.75) is 29.8 Å². The first kappa shape index (κ1) is 19.0. The van der Waals surface area contributed by atoms with Gasteiger partial charge in [0, 0.05) is 22.6 Å². The topological polar surface area (TPSA) is 81.7 Å². The third-order valence-corrected chi connectivity index (χ3v) is 7.46. The maximum absolute atomic E-state index is 12.3. The molecule has 0 spiro atoms. The summed E-state index contributed by atoms with van der Waals surface area (Å²) in [4.78, 5) is 26.4. The lowest BCUT2D eigenvalue weighted by Gasteiger charge is -2.43. The zero-order chi connectivity index (χ0) is 19.8. The molecular formula is C20H19N2O4S2+. The number of aliphatic hydroxyl groups is 1. The van der Waals surface area contributed by atoms with Crippen molar-refractivity contribution >= 4 is 35.4 Å². The van der Waals surface area contributed by atoms with Crippen LogP contribution in [0.4, 0.5) is 0 Å². The second-order valence-corrected chi connectivity index (χ2v) is 9.12. The number of carbonyl (C=O) groups is 2. The molecule has 4 rings (SSSR count). The SMILES string of the molecule is C[C@@H](O)[C@H]1C(=O)N2C(C(=O)O)=C(Sc3ccccc3C[n+]3ccccc3)S[C@H]12. The van der Waals surface area contributed by atoms with E-state index in [1.165, 1.54) is 28.4 Å². The summed E-state index contributed by atoms with van der Waals surface area (Å²) < 4.78 is 2.63. The summed E-state index contributed by atoms with van der Waals surface area (Å²) in [6.45, 7) is 2.23. The molecule has 0 radical (unpaired) electrons. The summed E-state index contributed by atoms with van der Waals surface area (Å²) in [5.41, 5.74) is 1.08. The van der Waals surface area contributed by atoms with Crippen molar-refractivity contribution in [3.63, 3.8) is 0 Å². The van der Waals surface area contributed by atoms with Crippen LogP contribution in [0.5, 0.6) is 0 Å². The number of hydrogen-bond acceptors (Lipinski definition) is 5. The molecule has 0 aliphatic carbocycles. The maximum Gasteiger partial charge on any atom is 0.354 e. The van der Waals surface area contributed by atoms with E-state index < -0.39 is 18.0 Å². The van der Waals surface area contributed by atoms with E-state index in [1.807, 2.05) is 59.4 Å². The van der Waals surface area contributed by atoms with Crippen LogP contribution < -0.4 is 4.57 Å². The van der Waals surface area contributed by atoms with Gasteiger partial charge in [-0.1, -0.05) is 47.8 Å². The van der Waals surface area contributed by atoms with E-state index in [1.54, 1.807) is 6.92 Å². The van der Waals surface area contributed by atoms with Gasteiger partial charge >= 0.3 is 5.97 Å². The van der Waals surface area contributed by atoms with Crippen LogP contribution in [0.3, 0.4) is 0 Å². The number of pyridine rings is 1. The number of carboxylic acid groups (broad SMARTS) is 1. The molecule has 2 aliphatic heterocycles. The van der Waals surface area contributed by atoms with Gasteiger partial charge in [0.25, 0.3) is 0 Å². The summed E-state index contributed by atoms with van der Waals surface area (Å²) in [6.07, 6.45) is 3.15. The fraction of sp³-hybridized carbons (Fsp3) is 0.250. The van der Waals surface area contributed by atoms with Crippen molar-refractivity contribution in [1.29, 1.82) is 0 Å². The van der Waals surface area contributed by atoms with Gasteiger partial charge in [0.1, 0.15) is 5.37 Å². The average Bonchev–Trinajstić information content (AvgIpc) is 2.98. The van der Waals surface area contributed by atoms with Crippen LogP contribution in [-0.4, -0.2) is 38.5 Å². The number of nitrogens with zero attached hydrogens (tertiary/aromatic N) is 2. The molecule has 2 aromatic rings. The predicted molar refractivity (Wildman–Crippen MR) is 106 cm³/mol. The summed E-state index contributed by atoms with van der Waals surface area (Å²) in [7, 11) is 0. The summed E-state index contributed by atoms with van der Waals surface area (Å²) in [5, 5.41) is 19.2. The van der Waals surface area contributed by atoms with E-state index in [9.17, 15) is 19.8 Å². The largest absolute Gasteiger partial charge is 0.477 e. The van der Waals surface area contributed by atoms with E-state index in [2.05, 4.69) is 0 Å². The van der Waals surface area contributed by atoms with Gasteiger partial charge in [0.05, 0.1) is 16.3 Å². The lowest BCUT2D eigenvalue weighted by Crippen LogP contribution is -2.60. The fourth-order valence-corrected chi connectivity index (χ4v) is 6.36. The first-order valence-electron chi connectivity index (χ1n) is 8.82. The highest BCUT2D eigenvalue weighted by Gasteiger charge is 2.57. The third kappa shape index (κ3) is 3.32. The molecule has 1 aromatic heterocycles. The number of rotatable bonds is 6. The number of amides is 1. The second-order valence-electron chi connectivity index (χ2n) is 6.68. The lowest BCUT2D eigenvalue weighted by molar-refractivity contribution is -0.688. The van der Waals surface area contributed by atoms with Gasteiger partial charge in [-0.25, -0.2) is 9.36 Å². The van der Waals surface area contributed by atoms with Crippen molar-refractivity contribution in [2.24, 2.45) is 5.92 Å². The van der Waals surface area contributed by atoms with Gasteiger partial charge in [-0.05, 0) is 13.0 Å². The highest BCUT2D eigenvalue weighted by Crippen LogP contribution is 2.55. The molecule has 0 unspecified atom stereocenters. The molecule has 8 heteroatoms. The Morgan fingerprint density at radius 1 is 1.25 bits per heavy atom. The molecule has 0 saturated carbocycles. The van der Waals surface area contributed by atoms with Crippen LogP contribution in [-0.2, 0) is 16.1 Å². The van der Waals surface area contributed by atoms with Crippen molar-refractivity contribution in [1.82, 2.24) is 4.90 Å². The number of benzene rings is 1. The van der Waals surface area contributed by atoms with Gasteiger partial charge in [0.15, 0.2) is 24.6 Å². The molecule has 1 saturated heterocycles. The van der Waals surface area contributed by atoms with Gasteiger partial charge in [-0.3, -0.25) is 9.69 Å². The molecule has 1 aromatic carbocycles. The van der Waals surface area contributed by atoms with Crippen molar-refractivity contribution in [3.8, 4) is 0 Å². The average molecular weight is 416 g/mol. The number of carbonyl (C=O) groups excluding carboxylic acids is 1. The van der Waals surface area contributed by atoms with Crippen LogP contribution in [0.15, 0.2) is 69.7 Å². The number of aromatic nitrogens is 1. The number of aliphatic hydroxyl groups excluding tert-OH is 1. The van der Waals surface area contributed by atoms with Crippen LogP contribution in [0.25, 0.3) is 0 Å². The minimum absolute atomic E-state index is 0.0177. The molecule has 2 N–H and O–H groups in total. The Morgan fingerprint density at radius 2 is 1.96 bits per heavy atom. The first-order chi connectivity index (χ1) is 13.5. The van der Waals surface area contributed by atoms with Crippen LogP contribution in [0, 0.1) is 5.92 Å². The number of thioether (sulfide) groups is 2. The number of fused-ring (bicyclic) bond motifs is 1. The van der Waals surface area contributed by atoms with E-state index in [-0.39, 0.29) is 17.0 Å². The zero-order valence-corrected chi connectivity index (χ0v) is 16.7. The van der Waals surface area contributed by atoms with Gasteiger partial charge in [0.2, 0.25) is 5.91 Å². The predicted octanol–water partition coefficient (Wildman–Crippen LogP) is 2.28. The van der Waals surface area contributed by atoms with E-state index >= 15 is 0 Å². The molecule has 144 valence electrons. The van der Waals surface area contributed by atoms with E-state index in [0.29, 0.717) is 10.8 Å². The zero-order valence-electron chi connectivity index (χ0n) is 15.1. The Kier molecular flexibility index (Phi) is 5.18. The second kappa shape index (κ2) is 7.62. The molecule has 1 amide bonds. The monoisotopic (exact) mass is 415 g/mol. The molecular weight excluding hydrogens is 396 g/mol. The summed E-state index contributed by atoms with van der Waals surface area (Å²) in [5.74, 6) is -2.01. The molecule has 28 heavy (non-hydrogen) atoms. The number of β-lactam (4-membered cyclic amide) rings is 1. The number of carboxylic acids is 1. The number of aliphatic carboxylic acids is 1.